The number of rotatable bonds is 5. The summed E-state index contributed by atoms with van der Waals surface area (Å²) in [5, 5.41) is 0. The lowest BCUT2D eigenvalue weighted by Gasteiger charge is -2.17. The van der Waals surface area contributed by atoms with Crippen molar-refractivity contribution in [3.05, 3.63) is 28.5 Å². The maximum atomic E-state index is 13.6. The molecular weight excluding hydrogens is 329 g/mol. The molecule has 0 heterocycles. The summed E-state index contributed by atoms with van der Waals surface area (Å²) in [6.07, 6.45) is 1.89. The van der Waals surface area contributed by atoms with E-state index in [4.69, 9.17) is 0 Å². The van der Waals surface area contributed by atoms with Crippen molar-refractivity contribution in [3.63, 3.8) is 0 Å². The van der Waals surface area contributed by atoms with Crippen LogP contribution in [0.2, 0.25) is 0 Å². The Labute approximate surface area is 114 Å². The first-order valence-corrected chi connectivity index (χ1v) is 8.42. The van der Waals surface area contributed by atoms with Crippen LogP contribution in [-0.4, -0.2) is 38.3 Å². The van der Waals surface area contributed by atoms with E-state index in [1.54, 1.807) is 11.8 Å². The fourth-order valence-electron chi connectivity index (χ4n) is 1.19. The molecule has 0 saturated carbocycles. The fourth-order valence-corrected chi connectivity index (χ4v) is 3.31. The molecule has 0 aliphatic rings. The molecule has 0 fully saturated rings. The van der Waals surface area contributed by atoms with Crippen molar-refractivity contribution in [2.24, 2.45) is 0 Å². The third-order valence-corrected chi connectivity index (χ3v) is 5.17. The number of halogens is 2. The lowest BCUT2D eigenvalue weighted by Crippen LogP contribution is -2.29. The van der Waals surface area contributed by atoms with Gasteiger partial charge in [0.1, 0.15) is 10.7 Å². The molecular formula is C10H13BrFNO2S2. The zero-order valence-electron chi connectivity index (χ0n) is 9.48. The highest BCUT2D eigenvalue weighted by Crippen LogP contribution is 2.22. The molecule has 0 aliphatic heterocycles. The third kappa shape index (κ3) is 3.67. The smallest absolute Gasteiger partial charge is 0.207 e. The highest BCUT2D eigenvalue weighted by molar-refractivity contribution is 9.10. The van der Waals surface area contributed by atoms with Gasteiger partial charge < -0.3 is 0 Å². The predicted molar refractivity (Wildman–Crippen MR) is 72.3 cm³/mol. The highest BCUT2D eigenvalue weighted by atomic mass is 79.9. The topological polar surface area (TPSA) is 37.4 Å². The quantitative estimate of drug-likeness (QED) is 0.825. The van der Waals surface area contributed by atoms with E-state index >= 15 is 0 Å². The van der Waals surface area contributed by atoms with Crippen molar-refractivity contribution in [1.29, 1.82) is 0 Å². The maximum Gasteiger partial charge on any atom is 0.245 e. The Morgan fingerprint density at radius 3 is 2.65 bits per heavy atom. The molecule has 1 rings (SSSR count). The van der Waals surface area contributed by atoms with Crippen molar-refractivity contribution in [2.45, 2.75) is 4.90 Å². The van der Waals surface area contributed by atoms with Gasteiger partial charge in [-0.05, 0) is 24.5 Å². The number of hydrogen-bond donors (Lipinski definition) is 0. The third-order valence-electron chi connectivity index (χ3n) is 2.19. The normalized spacial score (nSPS) is 12.1. The Morgan fingerprint density at radius 2 is 2.12 bits per heavy atom. The number of thioether (sulfide) groups is 1. The predicted octanol–water partition coefficient (Wildman–Crippen LogP) is 2.57. The van der Waals surface area contributed by atoms with Crippen LogP contribution in [0.4, 0.5) is 4.39 Å². The zero-order valence-corrected chi connectivity index (χ0v) is 12.7. The number of nitrogens with zero attached hydrogens (tertiary/aromatic N) is 1. The summed E-state index contributed by atoms with van der Waals surface area (Å²) in [6.45, 7) is 0.360. The Hall–Kier alpha value is -0.110. The molecule has 0 bridgehead atoms. The van der Waals surface area contributed by atoms with Crippen LogP contribution in [0.3, 0.4) is 0 Å². The van der Waals surface area contributed by atoms with Gasteiger partial charge in [-0.25, -0.2) is 17.1 Å². The molecule has 0 aromatic heterocycles. The minimum Gasteiger partial charge on any atom is -0.207 e. The molecule has 0 unspecified atom stereocenters. The van der Waals surface area contributed by atoms with Crippen molar-refractivity contribution in [2.75, 3.05) is 25.6 Å². The van der Waals surface area contributed by atoms with Gasteiger partial charge in [-0.2, -0.15) is 11.8 Å². The van der Waals surface area contributed by atoms with Gasteiger partial charge in [-0.1, -0.05) is 15.9 Å². The summed E-state index contributed by atoms with van der Waals surface area (Å²) in [4.78, 5) is -0.288. The lowest BCUT2D eigenvalue weighted by atomic mass is 10.3. The largest absolute Gasteiger partial charge is 0.245 e. The van der Waals surface area contributed by atoms with Gasteiger partial charge in [0.15, 0.2) is 0 Å². The lowest BCUT2D eigenvalue weighted by molar-refractivity contribution is 0.480. The van der Waals surface area contributed by atoms with Crippen LogP contribution in [0.1, 0.15) is 0 Å². The molecule has 0 aliphatic carbocycles. The average molecular weight is 342 g/mol. The first-order chi connectivity index (χ1) is 7.89. The summed E-state index contributed by atoms with van der Waals surface area (Å²) >= 11 is 4.63. The van der Waals surface area contributed by atoms with Crippen molar-refractivity contribution in [1.82, 2.24) is 4.31 Å². The molecule has 96 valence electrons. The Morgan fingerprint density at radius 1 is 1.47 bits per heavy atom. The fraction of sp³-hybridized carbons (Fsp3) is 0.400. The van der Waals surface area contributed by atoms with Gasteiger partial charge in [0.25, 0.3) is 0 Å². The second-order valence-corrected chi connectivity index (χ2v) is 7.31. The van der Waals surface area contributed by atoms with Gasteiger partial charge in [-0.3, -0.25) is 0 Å². The van der Waals surface area contributed by atoms with E-state index in [2.05, 4.69) is 15.9 Å². The van der Waals surface area contributed by atoms with E-state index in [-0.39, 0.29) is 4.90 Å². The highest BCUT2D eigenvalue weighted by Gasteiger charge is 2.23. The molecule has 0 radical (unpaired) electrons. The van der Waals surface area contributed by atoms with E-state index in [1.165, 1.54) is 19.2 Å². The minimum atomic E-state index is -3.73. The number of benzene rings is 1. The minimum absolute atomic E-state index is 0.288. The molecule has 0 saturated heterocycles. The molecule has 0 N–H and O–H groups in total. The van der Waals surface area contributed by atoms with E-state index in [9.17, 15) is 12.8 Å². The Balaban J connectivity index is 3.04. The Kier molecular flexibility index (Phi) is 5.43. The van der Waals surface area contributed by atoms with Crippen LogP contribution in [0.15, 0.2) is 27.6 Å². The van der Waals surface area contributed by atoms with Crippen molar-refractivity contribution in [3.8, 4) is 0 Å². The van der Waals surface area contributed by atoms with Crippen LogP contribution in [0.5, 0.6) is 0 Å². The molecule has 7 heteroatoms. The van der Waals surface area contributed by atoms with E-state index in [0.29, 0.717) is 16.8 Å². The van der Waals surface area contributed by atoms with E-state index in [0.717, 1.165) is 10.4 Å². The second-order valence-electron chi connectivity index (χ2n) is 3.39. The van der Waals surface area contributed by atoms with Gasteiger partial charge >= 0.3 is 0 Å². The van der Waals surface area contributed by atoms with Gasteiger partial charge in [-0.15, -0.1) is 0 Å². The molecule has 1 aromatic carbocycles. The van der Waals surface area contributed by atoms with Crippen molar-refractivity contribution < 1.29 is 12.8 Å². The van der Waals surface area contributed by atoms with Crippen LogP contribution >= 0.6 is 27.7 Å². The average Bonchev–Trinajstić information content (AvgIpc) is 2.25. The molecule has 1 aromatic rings. The van der Waals surface area contributed by atoms with Crippen LogP contribution in [-0.2, 0) is 10.0 Å². The summed E-state index contributed by atoms with van der Waals surface area (Å²) < 4.78 is 39.3. The summed E-state index contributed by atoms with van der Waals surface area (Å²) in [7, 11) is -2.28. The first kappa shape index (κ1) is 14.9. The Bertz CT molecular complexity index is 493. The molecule has 3 nitrogen and oxygen atoms in total. The van der Waals surface area contributed by atoms with E-state index < -0.39 is 15.8 Å². The van der Waals surface area contributed by atoms with Crippen LogP contribution in [0, 0.1) is 5.82 Å². The second kappa shape index (κ2) is 6.17. The van der Waals surface area contributed by atoms with E-state index in [1.807, 2.05) is 6.26 Å². The number of sulfonamides is 1. The summed E-state index contributed by atoms with van der Waals surface area (Å²) in [6, 6.07) is 3.93. The molecule has 0 amide bonds. The zero-order chi connectivity index (χ0) is 13.1. The van der Waals surface area contributed by atoms with Crippen LogP contribution in [0.25, 0.3) is 0 Å². The van der Waals surface area contributed by atoms with Gasteiger partial charge in [0.05, 0.1) is 0 Å². The molecule has 0 atom stereocenters. The molecule has 17 heavy (non-hydrogen) atoms. The summed E-state index contributed by atoms with van der Waals surface area (Å²) in [5.41, 5.74) is 0. The maximum absolute atomic E-state index is 13.6. The molecule has 0 spiro atoms. The number of hydrogen-bond acceptors (Lipinski definition) is 3. The first-order valence-electron chi connectivity index (χ1n) is 4.80. The standard InChI is InChI=1S/C10H13BrFNO2S2/c1-13(5-6-16-2)17(14,15)10-4-3-8(11)7-9(10)12/h3-4,7H,5-6H2,1-2H3. The van der Waals surface area contributed by atoms with Crippen LogP contribution < -0.4 is 0 Å². The summed E-state index contributed by atoms with van der Waals surface area (Å²) in [5.74, 6) is -0.0659. The SMILES string of the molecule is CSCCN(C)S(=O)(=O)c1ccc(Br)cc1F. The van der Waals surface area contributed by atoms with Gasteiger partial charge in [0, 0.05) is 23.8 Å². The van der Waals surface area contributed by atoms with Crippen molar-refractivity contribution >= 4 is 37.7 Å². The van der Waals surface area contributed by atoms with Gasteiger partial charge in [0.2, 0.25) is 10.0 Å². The monoisotopic (exact) mass is 341 g/mol.